The van der Waals surface area contributed by atoms with Crippen LogP contribution in [-0.4, -0.2) is 25.4 Å². The van der Waals surface area contributed by atoms with Crippen LogP contribution in [0.2, 0.25) is 0 Å². The molecule has 0 unspecified atom stereocenters. The van der Waals surface area contributed by atoms with Crippen LogP contribution in [-0.2, 0) is 0 Å². The molecule has 26 heavy (non-hydrogen) atoms. The summed E-state index contributed by atoms with van der Waals surface area (Å²) in [6.45, 7) is 0. The lowest BCUT2D eigenvalue weighted by atomic mass is 10.0. The Bertz CT molecular complexity index is 1180. The normalized spacial score (nSPS) is 11.1. The lowest BCUT2D eigenvalue weighted by molar-refractivity contribution is 1.07. The molecule has 6 heteroatoms. The average molecular weight is 355 g/mol. The molecule has 0 aliphatic rings. The third kappa shape index (κ3) is 2.48. The van der Waals surface area contributed by atoms with Crippen molar-refractivity contribution in [2.75, 3.05) is 0 Å². The van der Waals surface area contributed by atoms with E-state index in [9.17, 15) is 0 Å². The third-order valence-corrected chi connectivity index (χ3v) is 5.33. The summed E-state index contributed by atoms with van der Waals surface area (Å²) in [7, 11) is 0. The number of aromatic nitrogens is 5. The monoisotopic (exact) mass is 355 g/mol. The van der Waals surface area contributed by atoms with E-state index in [4.69, 9.17) is 0 Å². The Morgan fingerprint density at radius 3 is 2.31 bits per heavy atom. The van der Waals surface area contributed by atoms with E-state index in [1.165, 1.54) is 0 Å². The maximum Gasteiger partial charge on any atom is 0.111 e. The highest BCUT2D eigenvalue weighted by Crippen LogP contribution is 2.37. The molecule has 5 nitrogen and oxygen atoms in total. The maximum absolute atomic E-state index is 4.54. The number of hydrogen-bond acceptors (Lipinski definition) is 5. The Balaban J connectivity index is 1.67. The second-order valence-corrected chi connectivity index (χ2v) is 6.89. The summed E-state index contributed by atoms with van der Waals surface area (Å²) in [6, 6.07) is 18.3. The fraction of sp³-hybridized carbons (Fsp3) is 0. The molecule has 0 aliphatic heterocycles. The SMILES string of the molecule is c1ccc(-c2ccc(-c3nnc(-c4cn[nH]c4)c4ccccc34)s2)nc1. The lowest BCUT2D eigenvalue weighted by Gasteiger charge is -2.06. The molecule has 0 saturated heterocycles. The molecule has 0 atom stereocenters. The highest BCUT2D eigenvalue weighted by Gasteiger charge is 2.15. The van der Waals surface area contributed by atoms with Crippen molar-refractivity contribution < 1.29 is 0 Å². The van der Waals surface area contributed by atoms with Gasteiger partial charge < -0.3 is 0 Å². The molecule has 1 aromatic carbocycles. The molecular formula is C20H13N5S. The van der Waals surface area contributed by atoms with Crippen LogP contribution >= 0.6 is 11.3 Å². The molecule has 0 saturated carbocycles. The number of aromatic amines is 1. The number of benzene rings is 1. The maximum atomic E-state index is 4.54. The first-order valence-electron chi connectivity index (χ1n) is 8.16. The van der Waals surface area contributed by atoms with E-state index >= 15 is 0 Å². The molecular weight excluding hydrogens is 342 g/mol. The number of fused-ring (bicyclic) bond motifs is 1. The van der Waals surface area contributed by atoms with Crippen molar-refractivity contribution in [1.82, 2.24) is 25.4 Å². The summed E-state index contributed by atoms with van der Waals surface area (Å²) in [5.74, 6) is 0. The van der Waals surface area contributed by atoms with Gasteiger partial charge in [-0.1, -0.05) is 30.3 Å². The lowest BCUT2D eigenvalue weighted by Crippen LogP contribution is -1.92. The van der Waals surface area contributed by atoms with Crippen LogP contribution in [0.3, 0.4) is 0 Å². The third-order valence-electron chi connectivity index (χ3n) is 4.22. The van der Waals surface area contributed by atoms with E-state index in [1.807, 2.05) is 42.7 Å². The molecule has 0 aliphatic carbocycles. The van der Waals surface area contributed by atoms with Gasteiger partial charge in [-0.2, -0.15) is 5.10 Å². The summed E-state index contributed by atoms with van der Waals surface area (Å²) < 4.78 is 0. The van der Waals surface area contributed by atoms with Gasteiger partial charge in [-0.3, -0.25) is 10.1 Å². The summed E-state index contributed by atoms with van der Waals surface area (Å²) in [6.07, 6.45) is 5.41. The molecule has 0 amide bonds. The number of H-pyrrole nitrogens is 1. The zero-order chi connectivity index (χ0) is 17.3. The largest absolute Gasteiger partial charge is 0.285 e. The quantitative estimate of drug-likeness (QED) is 0.504. The predicted octanol–water partition coefficient (Wildman–Crippen LogP) is 4.81. The molecule has 0 radical (unpaired) electrons. The Kier molecular flexibility index (Phi) is 3.54. The zero-order valence-corrected chi connectivity index (χ0v) is 14.4. The van der Waals surface area contributed by atoms with Crippen LogP contribution in [0.4, 0.5) is 0 Å². The van der Waals surface area contributed by atoms with Crippen molar-refractivity contribution in [2.24, 2.45) is 0 Å². The number of rotatable bonds is 3. The minimum absolute atomic E-state index is 0.833. The minimum Gasteiger partial charge on any atom is -0.285 e. The average Bonchev–Trinajstić information content (AvgIpc) is 3.40. The van der Waals surface area contributed by atoms with Crippen molar-refractivity contribution in [3.63, 3.8) is 0 Å². The molecule has 0 bridgehead atoms. The van der Waals surface area contributed by atoms with Crippen molar-refractivity contribution in [3.8, 4) is 32.4 Å². The number of hydrogen-bond donors (Lipinski definition) is 1. The van der Waals surface area contributed by atoms with Crippen molar-refractivity contribution in [1.29, 1.82) is 0 Å². The topological polar surface area (TPSA) is 67.3 Å². The Labute approximate surface area is 153 Å². The first kappa shape index (κ1) is 14.9. The number of nitrogens with one attached hydrogen (secondary N) is 1. The van der Waals surface area contributed by atoms with Crippen LogP contribution < -0.4 is 0 Å². The first-order valence-corrected chi connectivity index (χ1v) is 8.98. The second-order valence-electron chi connectivity index (χ2n) is 5.81. The van der Waals surface area contributed by atoms with E-state index in [0.717, 1.165) is 43.2 Å². The predicted molar refractivity (Wildman–Crippen MR) is 104 cm³/mol. The van der Waals surface area contributed by atoms with Crippen LogP contribution in [0, 0.1) is 0 Å². The first-order chi connectivity index (χ1) is 12.9. The smallest absolute Gasteiger partial charge is 0.111 e. The Morgan fingerprint density at radius 2 is 1.54 bits per heavy atom. The van der Waals surface area contributed by atoms with E-state index in [2.05, 4.69) is 49.6 Å². The molecule has 0 spiro atoms. The van der Waals surface area contributed by atoms with Gasteiger partial charge in [-0.05, 0) is 24.3 Å². The van der Waals surface area contributed by atoms with Gasteiger partial charge in [0.2, 0.25) is 0 Å². The number of thiophene rings is 1. The number of pyridine rings is 1. The molecule has 124 valence electrons. The van der Waals surface area contributed by atoms with Gasteiger partial charge in [-0.15, -0.1) is 21.5 Å². The van der Waals surface area contributed by atoms with Crippen LogP contribution in [0.15, 0.2) is 73.2 Å². The van der Waals surface area contributed by atoms with Crippen molar-refractivity contribution in [3.05, 3.63) is 73.2 Å². The van der Waals surface area contributed by atoms with Gasteiger partial charge in [-0.25, -0.2) is 0 Å². The molecule has 1 N–H and O–H groups in total. The van der Waals surface area contributed by atoms with E-state index < -0.39 is 0 Å². The summed E-state index contributed by atoms with van der Waals surface area (Å²) in [5, 5.41) is 18.0. The van der Waals surface area contributed by atoms with Gasteiger partial charge in [0.1, 0.15) is 11.4 Å². The molecule has 4 heterocycles. The summed E-state index contributed by atoms with van der Waals surface area (Å²) in [4.78, 5) is 6.62. The fourth-order valence-electron chi connectivity index (χ4n) is 2.99. The summed E-state index contributed by atoms with van der Waals surface area (Å²) >= 11 is 1.67. The van der Waals surface area contributed by atoms with Crippen LogP contribution in [0.1, 0.15) is 0 Å². The number of nitrogens with zero attached hydrogens (tertiary/aromatic N) is 4. The molecule has 5 rings (SSSR count). The van der Waals surface area contributed by atoms with Crippen molar-refractivity contribution >= 4 is 22.1 Å². The van der Waals surface area contributed by atoms with Crippen LogP contribution in [0.5, 0.6) is 0 Å². The van der Waals surface area contributed by atoms with Gasteiger partial charge >= 0.3 is 0 Å². The van der Waals surface area contributed by atoms with Gasteiger partial charge in [0.15, 0.2) is 0 Å². The fourth-order valence-corrected chi connectivity index (χ4v) is 3.97. The van der Waals surface area contributed by atoms with E-state index in [0.29, 0.717) is 0 Å². The zero-order valence-electron chi connectivity index (χ0n) is 13.6. The van der Waals surface area contributed by atoms with Crippen molar-refractivity contribution in [2.45, 2.75) is 0 Å². The van der Waals surface area contributed by atoms with E-state index in [1.54, 1.807) is 17.5 Å². The van der Waals surface area contributed by atoms with Gasteiger partial charge in [0.25, 0.3) is 0 Å². The molecule has 0 fully saturated rings. The minimum atomic E-state index is 0.833. The van der Waals surface area contributed by atoms with E-state index in [-0.39, 0.29) is 0 Å². The standard InChI is InChI=1S/C20H13N5S/c1-2-6-15-14(5-1)19(13-11-22-23-12-13)24-25-20(15)18-9-8-17(26-18)16-7-3-4-10-21-16/h1-12H,(H,22,23). The van der Waals surface area contributed by atoms with Gasteiger partial charge in [0.05, 0.1) is 21.6 Å². The van der Waals surface area contributed by atoms with Crippen LogP contribution in [0.25, 0.3) is 43.2 Å². The Hall–Kier alpha value is -3.38. The molecule has 5 aromatic rings. The molecule has 4 aromatic heterocycles. The summed E-state index contributed by atoms with van der Waals surface area (Å²) in [5.41, 5.74) is 3.62. The highest BCUT2D eigenvalue weighted by atomic mass is 32.1. The Morgan fingerprint density at radius 1 is 0.769 bits per heavy atom. The van der Waals surface area contributed by atoms with Gasteiger partial charge in [0, 0.05) is 28.7 Å². The highest BCUT2D eigenvalue weighted by molar-refractivity contribution is 7.18. The second kappa shape index (κ2) is 6.16.